The zero-order valence-corrected chi connectivity index (χ0v) is 39.6. The van der Waals surface area contributed by atoms with E-state index in [1.807, 2.05) is 101 Å². The highest BCUT2D eigenvalue weighted by atomic mass is 16.6. The van der Waals surface area contributed by atoms with Gasteiger partial charge in [-0.3, -0.25) is 9.59 Å². The van der Waals surface area contributed by atoms with Crippen molar-refractivity contribution in [3.05, 3.63) is 144 Å². The van der Waals surface area contributed by atoms with Crippen molar-refractivity contribution in [2.24, 2.45) is 0 Å². The first-order chi connectivity index (χ1) is 34.4. The molecule has 2 aliphatic carbocycles. The number of amides is 4. The Balaban J connectivity index is 0.895. The monoisotopic (exact) mass is 942 g/mol. The Bertz CT molecular complexity index is 2730. The molecule has 4 aliphatic rings. The van der Waals surface area contributed by atoms with Crippen molar-refractivity contribution >= 4 is 24.0 Å². The van der Waals surface area contributed by atoms with Gasteiger partial charge in [-0.25, -0.2) is 19.6 Å². The minimum Gasteiger partial charge on any atom is -0.446 e. The molecule has 14 nitrogen and oxygen atoms in total. The van der Waals surface area contributed by atoms with E-state index in [2.05, 4.69) is 50.9 Å². The predicted octanol–water partition coefficient (Wildman–Crippen LogP) is 11.1. The number of carbonyl (C=O) groups excluding carboxylic acids is 4. The van der Waals surface area contributed by atoms with Crippen LogP contribution in [0.2, 0.25) is 0 Å². The standard InChI is InChI=1S/C56H62N8O6/c65-53(49(38-20-8-2-9-21-38)61-55(67)69-41-24-12-4-13-25-41)63-32-16-28-47(63)51-57-35-45(59-51)40-30-31-43(37-18-6-1-7-19-37)44(34-40)46-36-58-52(60-46)48-29-17-33-64(48)54(66)50(39-22-10-3-11-23-39)62-56(68)70-42-26-14-5-15-27-42/h1-3,6-11,18-23,30-31,34-36,41-42,47-50H,4-5,12-17,24-29,32-33H2,(H,57,59)(H,58,60)(H,61,67)(H,62,68)/t47-,48-,49+,50+/m0/s1. The SMILES string of the molecule is O=C(N[C@@H](C(=O)N1CCC[C@H]1c1ncc(-c2ccc(-c3ccccc3)c(-c3cnc([C@@H]4CCCN4C(=O)[C@H](NC(=O)OC4CCCCC4)c4ccccc4)[nH]3)c2)[nH]1)c1ccccc1)OC1CCCCC1. The van der Waals surface area contributed by atoms with Crippen LogP contribution in [0, 0.1) is 0 Å². The van der Waals surface area contributed by atoms with Gasteiger partial charge in [0.25, 0.3) is 11.8 Å². The molecule has 0 unspecified atom stereocenters. The summed E-state index contributed by atoms with van der Waals surface area (Å²) in [5.74, 6) is 0.929. The Hall–Kier alpha value is -7.22. The second-order valence-corrected chi connectivity index (χ2v) is 19.2. The highest BCUT2D eigenvalue weighted by Crippen LogP contribution is 2.39. The van der Waals surface area contributed by atoms with Gasteiger partial charge in [-0.15, -0.1) is 0 Å². The Morgan fingerprint density at radius 2 is 0.957 bits per heavy atom. The molecule has 0 bridgehead atoms. The fourth-order valence-electron chi connectivity index (χ4n) is 10.9. The summed E-state index contributed by atoms with van der Waals surface area (Å²) in [6.07, 6.45) is 15.0. The first-order valence-electron chi connectivity index (χ1n) is 25.3. The van der Waals surface area contributed by atoms with Crippen LogP contribution in [0.5, 0.6) is 0 Å². The minimum absolute atomic E-state index is 0.140. The lowest BCUT2D eigenvalue weighted by Gasteiger charge is -2.29. The quantitative estimate of drug-likeness (QED) is 0.0885. The van der Waals surface area contributed by atoms with Crippen LogP contribution in [0.1, 0.15) is 137 Å². The number of benzene rings is 4. The molecule has 0 radical (unpaired) electrons. The van der Waals surface area contributed by atoms with Crippen molar-refractivity contribution in [3.8, 4) is 33.6 Å². The molecule has 10 rings (SSSR count). The summed E-state index contributed by atoms with van der Waals surface area (Å²) < 4.78 is 11.6. The maximum atomic E-state index is 14.6. The molecule has 2 aromatic heterocycles. The first-order valence-corrected chi connectivity index (χ1v) is 25.3. The van der Waals surface area contributed by atoms with E-state index in [0.29, 0.717) is 42.3 Å². The van der Waals surface area contributed by atoms with E-state index in [0.717, 1.165) is 117 Å². The number of aromatic amines is 2. The first kappa shape index (κ1) is 46.5. The average molecular weight is 943 g/mol. The van der Waals surface area contributed by atoms with E-state index in [1.165, 1.54) is 0 Å². The zero-order valence-electron chi connectivity index (χ0n) is 39.6. The summed E-state index contributed by atoms with van der Waals surface area (Å²) in [6.45, 7) is 1.05. The normalized spacial score (nSPS) is 19.6. The molecule has 4 atom stereocenters. The molecular formula is C56H62N8O6. The van der Waals surface area contributed by atoms with E-state index in [4.69, 9.17) is 19.4 Å². The molecule has 6 aromatic rings. The maximum Gasteiger partial charge on any atom is 0.408 e. The number of nitrogens with one attached hydrogen (secondary N) is 4. The lowest BCUT2D eigenvalue weighted by Crippen LogP contribution is -2.43. The smallest absolute Gasteiger partial charge is 0.408 e. The third-order valence-corrected chi connectivity index (χ3v) is 14.5. The summed E-state index contributed by atoms with van der Waals surface area (Å²) in [7, 11) is 0. The van der Waals surface area contributed by atoms with E-state index < -0.39 is 24.3 Å². The van der Waals surface area contributed by atoms with Crippen LogP contribution in [-0.2, 0) is 19.1 Å². The van der Waals surface area contributed by atoms with Crippen LogP contribution < -0.4 is 10.6 Å². The largest absolute Gasteiger partial charge is 0.446 e. The van der Waals surface area contributed by atoms with Gasteiger partial charge in [0, 0.05) is 24.2 Å². The summed E-state index contributed by atoms with van der Waals surface area (Å²) in [4.78, 5) is 76.4. The van der Waals surface area contributed by atoms with Gasteiger partial charge in [0.2, 0.25) is 0 Å². The van der Waals surface area contributed by atoms with Gasteiger partial charge in [-0.1, -0.05) is 116 Å². The fourth-order valence-corrected chi connectivity index (χ4v) is 10.9. The van der Waals surface area contributed by atoms with E-state index in [1.54, 1.807) is 0 Å². The minimum atomic E-state index is -0.917. The van der Waals surface area contributed by atoms with Crippen LogP contribution in [0.3, 0.4) is 0 Å². The van der Waals surface area contributed by atoms with Crippen LogP contribution in [0.15, 0.2) is 122 Å². The second-order valence-electron chi connectivity index (χ2n) is 19.2. The van der Waals surface area contributed by atoms with Crippen molar-refractivity contribution in [1.29, 1.82) is 0 Å². The molecule has 70 heavy (non-hydrogen) atoms. The van der Waals surface area contributed by atoms with Gasteiger partial charge < -0.3 is 39.9 Å². The number of rotatable bonds is 13. The second kappa shape index (κ2) is 21.6. The molecule has 4 fully saturated rings. The van der Waals surface area contributed by atoms with E-state index in [-0.39, 0.29) is 36.1 Å². The molecule has 4 amide bonds. The van der Waals surface area contributed by atoms with Gasteiger partial charge >= 0.3 is 12.2 Å². The lowest BCUT2D eigenvalue weighted by molar-refractivity contribution is -0.135. The molecular weight excluding hydrogens is 881 g/mol. The molecule has 362 valence electrons. The number of nitrogens with zero attached hydrogens (tertiary/aromatic N) is 4. The van der Waals surface area contributed by atoms with Crippen LogP contribution in [0.25, 0.3) is 33.6 Å². The number of imidazole rings is 2. The van der Waals surface area contributed by atoms with Gasteiger partial charge in [0.05, 0.1) is 35.9 Å². The molecule has 2 saturated carbocycles. The van der Waals surface area contributed by atoms with Crippen LogP contribution in [0.4, 0.5) is 9.59 Å². The average Bonchev–Trinajstić information content (AvgIpc) is 4.26. The van der Waals surface area contributed by atoms with Crippen molar-refractivity contribution < 1.29 is 28.7 Å². The number of carbonyl (C=O) groups is 4. The fraction of sp³-hybridized carbons (Fsp3) is 0.393. The lowest BCUT2D eigenvalue weighted by atomic mass is 9.95. The molecule has 0 spiro atoms. The third kappa shape index (κ3) is 10.5. The van der Waals surface area contributed by atoms with Crippen LogP contribution in [-0.4, -0.2) is 79.0 Å². The van der Waals surface area contributed by atoms with Gasteiger partial charge in [-0.2, -0.15) is 0 Å². The highest BCUT2D eigenvalue weighted by Gasteiger charge is 2.39. The number of ether oxygens (including phenoxy) is 2. The third-order valence-electron chi connectivity index (χ3n) is 14.5. The number of H-pyrrole nitrogens is 2. The predicted molar refractivity (Wildman–Crippen MR) is 266 cm³/mol. The van der Waals surface area contributed by atoms with Crippen molar-refractivity contribution in [2.75, 3.05) is 13.1 Å². The molecule has 14 heteroatoms. The van der Waals surface area contributed by atoms with Crippen LogP contribution >= 0.6 is 0 Å². The number of hydrogen-bond donors (Lipinski definition) is 4. The zero-order chi connectivity index (χ0) is 47.8. The van der Waals surface area contributed by atoms with Gasteiger partial charge in [0.15, 0.2) is 0 Å². The molecule has 4 aromatic carbocycles. The Morgan fingerprint density at radius 3 is 1.46 bits per heavy atom. The Labute approximate surface area is 409 Å². The molecule has 2 aliphatic heterocycles. The number of alkyl carbamates (subject to hydrolysis) is 2. The van der Waals surface area contributed by atoms with Crippen molar-refractivity contribution in [3.63, 3.8) is 0 Å². The molecule has 4 heterocycles. The number of aromatic nitrogens is 4. The van der Waals surface area contributed by atoms with Crippen molar-refractivity contribution in [1.82, 2.24) is 40.4 Å². The highest BCUT2D eigenvalue weighted by molar-refractivity contribution is 5.89. The molecule has 4 N–H and O–H groups in total. The summed E-state index contributed by atoms with van der Waals surface area (Å²) in [5.41, 5.74) is 6.80. The van der Waals surface area contributed by atoms with E-state index in [9.17, 15) is 19.2 Å². The Kier molecular flexibility index (Phi) is 14.4. The summed E-state index contributed by atoms with van der Waals surface area (Å²) in [5, 5.41) is 5.86. The summed E-state index contributed by atoms with van der Waals surface area (Å²) in [6, 6.07) is 32.7. The summed E-state index contributed by atoms with van der Waals surface area (Å²) >= 11 is 0. The number of likely N-dealkylation sites (tertiary alicyclic amines) is 2. The topological polar surface area (TPSA) is 175 Å². The van der Waals surface area contributed by atoms with Gasteiger partial charge in [0.1, 0.15) is 35.9 Å². The molecule has 2 saturated heterocycles. The van der Waals surface area contributed by atoms with Crippen molar-refractivity contribution in [2.45, 2.75) is 126 Å². The Morgan fingerprint density at radius 1 is 0.500 bits per heavy atom. The van der Waals surface area contributed by atoms with Gasteiger partial charge in [-0.05, 0) is 105 Å². The number of hydrogen-bond acceptors (Lipinski definition) is 8. The maximum absolute atomic E-state index is 14.6. The van der Waals surface area contributed by atoms with E-state index >= 15 is 0 Å².